The third-order valence-electron chi connectivity index (χ3n) is 3.05. The normalized spacial score (nSPS) is 13.9. The van der Waals surface area contributed by atoms with Crippen molar-refractivity contribution in [3.63, 3.8) is 0 Å². The second kappa shape index (κ2) is 5.72. The molecule has 4 heteroatoms. The molecule has 0 spiro atoms. The first kappa shape index (κ1) is 14.0. The molecule has 0 fully saturated rings. The van der Waals surface area contributed by atoms with Gasteiger partial charge in [-0.25, -0.2) is 0 Å². The third-order valence-corrected chi connectivity index (χ3v) is 3.67. The summed E-state index contributed by atoms with van der Waals surface area (Å²) < 4.78 is 6.08. The number of aliphatic hydroxyl groups is 1. The van der Waals surface area contributed by atoms with Crippen LogP contribution in [0.2, 0.25) is 0 Å². The summed E-state index contributed by atoms with van der Waals surface area (Å²) in [7, 11) is 1.63. The number of nitrogens with zero attached hydrogens (tertiary/aromatic N) is 1. The van der Waals surface area contributed by atoms with Crippen LogP contribution in [0.15, 0.2) is 47.2 Å². The summed E-state index contributed by atoms with van der Waals surface area (Å²) in [5, 5.41) is 10.6. The zero-order chi connectivity index (χ0) is 13.9. The number of hydrogen-bond donors (Lipinski definition) is 1. The predicted octanol–water partition coefficient (Wildman–Crippen LogP) is 3.30. The van der Waals surface area contributed by atoms with Crippen LogP contribution in [-0.4, -0.2) is 17.2 Å². The zero-order valence-corrected chi connectivity index (χ0v) is 12.5. The molecule has 1 aromatic carbocycles. The van der Waals surface area contributed by atoms with Crippen molar-refractivity contribution in [1.29, 1.82) is 0 Å². The highest BCUT2D eigenvalue weighted by molar-refractivity contribution is 9.10. The van der Waals surface area contributed by atoms with Gasteiger partial charge in [-0.3, -0.25) is 4.98 Å². The van der Waals surface area contributed by atoms with Gasteiger partial charge in [0.1, 0.15) is 5.75 Å². The molecule has 1 heterocycles. The van der Waals surface area contributed by atoms with Crippen molar-refractivity contribution < 1.29 is 9.84 Å². The van der Waals surface area contributed by atoms with E-state index < -0.39 is 5.60 Å². The molecule has 0 saturated carbocycles. The highest BCUT2D eigenvalue weighted by atomic mass is 79.9. The molecule has 0 aliphatic rings. The van der Waals surface area contributed by atoms with Crippen molar-refractivity contribution in [2.75, 3.05) is 7.11 Å². The van der Waals surface area contributed by atoms with Gasteiger partial charge in [-0.15, -0.1) is 0 Å². The minimum absolute atomic E-state index is 0.515. The quantitative estimate of drug-likeness (QED) is 0.939. The van der Waals surface area contributed by atoms with Crippen LogP contribution >= 0.6 is 15.9 Å². The van der Waals surface area contributed by atoms with E-state index in [9.17, 15) is 5.11 Å². The van der Waals surface area contributed by atoms with Gasteiger partial charge in [-0.1, -0.05) is 12.1 Å². The standard InChI is InChI=1S/C15H16BrNO2/c1-15(18,12-4-3-7-17-10-12)9-11-5-6-14(19-2)13(16)8-11/h3-8,10,18H,9H2,1-2H3. The molecule has 1 aromatic heterocycles. The van der Waals surface area contributed by atoms with Gasteiger partial charge in [-0.2, -0.15) is 0 Å². The highest BCUT2D eigenvalue weighted by Gasteiger charge is 2.24. The third kappa shape index (κ3) is 3.33. The number of benzene rings is 1. The smallest absolute Gasteiger partial charge is 0.133 e. The van der Waals surface area contributed by atoms with E-state index >= 15 is 0 Å². The molecule has 0 aliphatic carbocycles. The van der Waals surface area contributed by atoms with Crippen molar-refractivity contribution >= 4 is 15.9 Å². The van der Waals surface area contributed by atoms with Crippen LogP contribution in [0, 0.1) is 0 Å². The summed E-state index contributed by atoms with van der Waals surface area (Å²) in [5.74, 6) is 0.782. The Morgan fingerprint density at radius 3 is 2.74 bits per heavy atom. The van der Waals surface area contributed by atoms with Crippen LogP contribution in [0.5, 0.6) is 5.75 Å². The number of rotatable bonds is 4. The molecule has 1 atom stereocenters. The van der Waals surface area contributed by atoms with Gasteiger partial charge < -0.3 is 9.84 Å². The Labute approximate surface area is 121 Å². The predicted molar refractivity (Wildman–Crippen MR) is 78.2 cm³/mol. The molecular formula is C15H16BrNO2. The second-order valence-corrected chi connectivity index (χ2v) is 5.52. The lowest BCUT2D eigenvalue weighted by Gasteiger charge is -2.23. The Kier molecular flexibility index (Phi) is 4.22. The van der Waals surface area contributed by atoms with E-state index in [1.54, 1.807) is 26.4 Å². The fourth-order valence-electron chi connectivity index (χ4n) is 2.00. The summed E-state index contributed by atoms with van der Waals surface area (Å²) in [6.07, 6.45) is 3.91. The summed E-state index contributed by atoms with van der Waals surface area (Å²) >= 11 is 3.45. The second-order valence-electron chi connectivity index (χ2n) is 4.66. The van der Waals surface area contributed by atoms with E-state index in [2.05, 4.69) is 20.9 Å². The van der Waals surface area contributed by atoms with Crippen molar-refractivity contribution in [2.45, 2.75) is 18.9 Å². The van der Waals surface area contributed by atoms with Crippen LogP contribution < -0.4 is 4.74 Å². The molecule has 1 N–H and O–H groups in total. The minimum atomic E-state index is -0.942. The van der Waals surface area contributed by atoms with E-state index in [0.717, 1.165) is 21.3 Å². The molecule has 0 amide bonds. The van der Waals surface area contributed by atoms with Crippen LogP contribution in [0.3, 0.4) is 0 Å². The number of aromatic nitrogens is 1. The summed E-state index contributed by atoms with van der Waals surface area (Å²) in [4.78, 5) is 4.05. The molecule has 1 unspecified atom stereocenters. The average molecular weight is 322 g/mol. The molecule has 0 radical (unpaired) electrons. The molecule has 0 bridgehead atoms. The van der Waals surface area contributed by atoms with E-state index in [0.29, 0.717) is 6.42 Å². The van der Waals surface area contributed by atoms with Gasteiger partial charge in [0.25, 0.3) is 0 Å². The largest absolute Gasteiger partial charge is 0.496 e. The highest BCUT2D eigenvalue weighted by Crippen LogP contribution is 2.30. The lowest BCUT2D eigenvalue weighted by atomic mass is 9.90. The number of methoxy groups -OCH3 is 1. The fourth-order valence-corrected chi connectivity index (χ4v) is 2.59. The van der Waals surface area contributed by atoms with Crippen molar-refractivity contribution in [3.8, 4) is 5.75 Å². The number of ether oxygens (including phenoxy) is 1. The number of pyridine rings is 1. The van der Waals surface area contributed by atoms with Gasteiger partial charge in [-0.05, 0) is 46.6 Å². The van der Waals surface area contributed by atoms with Crippen LogP contribution in [-0.2, 0) is 12.0 Å². The van der Waals surface area contributed by atoms with E-state index in [-0.39, 0.29) is 0 Å². The van der Waals surface area contributed by atoms with Gasteiger partial charge in [0.2, 0.25) is 0 Å². The topological polar surface area (TPSA) is 42.4 Å². The zero-order valence-electron chi connectivity index (χ0n) is 10.9. The SMILES string of the molecule is COc1ccc(CC(C)(O)c2cccnc2)cc1Br. The summed E-state index contributed by atoms with van der Waals surface area (Å²) in [6, 6.07) is 9.51. The van der Waals surface area contributed by atoms with E-state index in [4.69, 9.17) is 4.74 Å². The van der Waals surface area contributed by atoms with Crippen molar-refractivity contribution in [1.82, 2.24) is 4.98 Å². The summed E-state index contributed by atoms with van der Waals surface area (Å²) in [6.45, 7) is 1.79. The summed E-state index contributed by atoms with van der Waals surface area (Å²) in [5.41, 5.74) is 0.894. The van der Waals surface area contributed by atoms with Gasteiger partial charge in [0.15, 0.2) is 0 Å². The first-order valence-electron chi connectivity index (χ1n) is 5.98. The molecule has 0 saturated heterocycles. The van der Waals surface area contributed by atoms with Crippen molar-refractivity contribution in [2.24, 2.45) is 0 Å². The van der Waals surface area contributed by atoms with Gasteiger partial charge in [0.05, 0.1) is 17.2 Å². The molecule has 100 valence electrons. The molecular weight excluding hydrogens is 306 g/mol. The first-order valence-corrected chi connectivity index (χ1v) is 6.77. The maximum atomic E-state index is 10.6. The lowest BCUT2D eigenvalue weighted by Crippen LogP contribution is -2.24. The Morgan fingerprint density at radius 2 is 2.16 bits per heavy atom. The van der Waals surface area contributed by atoms with E-state index in [1.807, 2.05) is 30.3 Å². The Hall–Kier alpha value is -1.39. The molecule has 3 nitrogen and oxygen atoms in total. The van der Waals surface area contributed by atoms with Crippen molar-refractivity contribution in [3.05, 3.63) is 58.3 Å². The maximum Gasteiger partial charge on any atom is 0.133 e. The first-order chi connectivity index (χ1) is 9.03. The molecule has 2 aromatic rings. The lowest BCUT2D eigenvalue weighted by molar-refractivity contribution is 0.0572. The Bertz CT molecular complexity index is 555. The number of hydrogen-bond acceptors (Lipinski definition) is 3. The van der Waals surface area contributed by atoms with Gasteiger partial charge in [0, 0.05) is 24.4 Å². The molecule has 0 aliphatic heterocycles. The maximum absolute atomic E-state index is 10.6. The Morgan fingerprint density at radius 1 is 1.37 bits per heavy atom. The fraction of sp³-hybridized carbons (Fsp3) is 0.267. The van der Waals surface area contributed by atoms with Gasteiger partial charge >= 0.3 is 0 Å². The Balaban J connectivity index is 2.23. The molecule has 19 heavy (non-hydrogen) atoms. The van der Waals surface area contributed by atoms with Crippen LogP contribution in [0.25, 0.3) is 0 Å². The minimum Gasteiger partial charge on any atom is -0.496 e. The molecule has 2 rings (SSSR count). The van der Waals surface area contributed by atoms with Crippen LogP contribution in [0.1, 0.15) is 18.1 Å². The average Bonchev–Trinajstić information content (AvgIpc) is 2.39. The van der Waals surface area contributed by atoms with Crippen LogP contribution in [0.4, 0.5) is 0 Å². The van der Waals surface area contributed by atoms with E-state index in [1.165, 1.54) is 0 Å². The number of halogens is 1. The monoisotopic (exact) mass is 321 g/mol.